The number of hydrogen-bond donors (Lipinski definition) is 2. The fourth-order valence-electron chi connectivity index (χ4n) is 2.01. The van der Waals surface area contributed by atoms with E-state index in [9.17, 15) is 4.79 Å². The van der Waals surface area contributed by atoms with Gasteiger partial charge in [-0.2, -0.15) is 11.8 Å². The van der Waals surface area contributed by atoms with Gasteiger partial charge in [0.05, 0.1) is 13.7 Å². The van der Waals surface area contributed by atoms with Crippen molar-refractivity contribution in [2.24, 2.45) is 5.92 Å². The van der Waals surface area contributed by atoms with Crippen molar-refractivity contribution in [3.05, 3.63) is 24.3 Å². The van der Waals surface area contributed by atoms with Crippen molar-refractivity contribution < 1.29 is 9.53 Å². The Morgan fingerprint density at radius 1 is 1.42 bits per heavy atom. The van der Waals surface area contributed by atoms with Crippen LogP contribution in [0.4, 0.5) is 5.69 Å². The summed E-state index contributed by atoms with van der Waals surface area (Å²) in [5.74, 6) is 3.97. The largest absolute Gasteiger partial charge is 0.497 e. The van der Waals surface area contributed by atoms with Crippen molar-refractivity contribution in [2.75, 3.05) is 37.0 Å². The summed E-state index contributed by atoms with van der Waals surface area (Å²) >= 11 is 1.99. The maximum absolute atomic E-state index is 11.7. The minimum atomic E-state index is -0.00387. The van der Waals surface area contributed by atoms with Gasteiger partial charge in [-0.3, -0.25) is 4.79 Å². The van der Waals surface area contributed by atoms with Crippen LogP contribution in [0.25, 0.3) is 0 Å². The molecule has 1 heterocycles. The fraction of sp³-hybridized carbons (Fsp3) is 0.500. The number of amides is 1. The first-order valence-electron chi connectivity index (χ1n) is 6.50. The Morgan fingerprint density at radius 3 is 2.84 bits per heavy atom. The summed E-state index contributed by atoms with van der Waals surface area (Å²) in [5, 5.41) is 6.08. The normalized spacial score (nSPS) is 18.3. The minimum absolute atomic E-state index is 0.00387. The number of carbonyl (C=O) groups is 1. The van der Waals surface area contributed by atoms with E-state index in [4.69, 9.17) is 4.74 Å². The van der Waals surface area contributed by atoms with E-state index in [1.54, 1.807) is 7.11 Å². The van der Waals surface area contributed by atoms with Gasteiger partial charge in [-0.1, -0.05) is 0 Å². The molecule has 1 unspecified atom stereocenters. The summed E-state index contributed by atoms with van der Waals surface area (Å²) in [7, 11) is 1.62. The first-order chi connectivity index (χ1) is 9.28. The number of thioether (sulfide) groups is 1. The van der Waals surface area contributed by atoms with E-state index in [2.05, 4.69) is 10.6 Å². The number of ether oxygens (including phenoxy) is 1. The molecule has 0 radical (unpaired) electrons. The van der Waals surface area contributed by atoms with Gasteiger partial charge >= 0.3 is 0 Å². The third-order valence-corrected chi connectivity index (χ3v) is 4.35. The van der Waals surface area contributed by atoms with Crippen LogP contribution < -0.4 is 15.4 Å². The van der Waals surface area contributed by atoms with Crippen molar-refractivity contribution in [3.8, 4) is 5.75 Å². The van der Waals surface area contributed by atoms with Gasteiger partial charge < -0.3 is 15.4 Å². The Hall–Kier alpha value is -1.20. The molecule has 1 atom stereocenters. The highest BCUT2D eigenvalue weighted by Gasteiger charge is 2.15. The third kappa shape index (κ3) is 4.76. The lowest BCUT2D eigenvalue weighted by Gasteiger charge is -2.10. The zero-order chi connectivity index (χ0) is 13.5. The number of rotatable bonds is 6. The topological polar surface area (TPSA) is 50.4 Å². The Morgan fingerprint density at radius 2 is 2.21 bits per heavy atom. The molecule has 2 N–H and O–H groups in total. The molecule has 1 fully saturated rings. The second-order valence-corrected chi connectivity index (χ2v) is 5.79. The van der Waals surface area contributed by atoms with Gasteiger partial charge in [0.15, 0.2) is 0 Å². The van der Waals surface area contributed by atoms with Crippen LogP contribution in [0, 0.1) is 5.92 Å². The van der Waals surface area contributed by atoms with Crippen LogP contribution in [0.2, 0.25) is 0 Å². The predicted octanol–water partition coefficient (Wildman–Crippen LogP) is 1.98. The van der Waals surface area contributed by atoms with Gasteiger partial charge in [0.25, 0.3) is 0 Å². The summed E-state index contributed by atoms with van der Waals surface area (Å²) in [4.78, 5) is 11.7. The number of nitrogens with one attached hydrogen (secondary N) is 2. The van der Waals surface area contributed by atoms with Crippen LogP contribution in [-0.4, -0.2) is 37.6 Å². The average molecular weight is 280 g/mol. The highest BCUT2D eigenvalue weighted by Crippen LogP contribution is 2.22. The monoisotopic (exact) mass is 280 g/mol. The molecule has 19 heavy (non-hydrogen) atoms. The standard InChI is InChI=1S/C14H20N2O2S/c1-18-13-4-2-12(3-5-13)16-14(17)9-15-8-11-6-7-19-10-11/h2-5,11,15H,6-10H2,1H3,(H,16,17). The summed E-state index contributed by atoms with van der Waals surface area (Å²) in [6.07, 6.45) is 1.26. The van der Waals surface area contributed by atoms with Gasteiger partial charge in [0.1, 0.15) is 5.75 Å². The van der Waals surface area contributed by atoms with Crippen LogP contribution >= 0.6 is 11.8 Å². The zero-order valence-corrected chi connectivity index (χ0v) is 12.0. The van der Waals surface area contributed by atoms with Gasteiger partial charge in [-0.15, -0.1) is 0 Å². The lowest BCUT2D eigenvalue weighted by Crippen LogP contribution is -2.31. The van der Waals surface area contributed by atoms with E-state index >= 15 is 0 Å². The smallest absolute Gasteiger partial charge is 0.238 e. The number of anilines is 1. The maximum Gasteiger partial charge on any atom is 0.238 e. The second kappa shape index (κ2) is 7.40. The summed E-state index contributed by atoms with van der Waals surface area (Å²) < 4.78 is 5.07. The molecule has 0 aromatic heterocycles. The molecular formula is C14H20N2O2S. The zero-order valence-electron chi connectivity index (χ0n) is 11.1. The number of hydrogen-bond acceptors (Lipinski definition) is 4. The van der Waals surface area contributed by atoms with Crippen molar-refractivity contribution in [3.63, 3.8) is 0 Å². The van der Waals surface area contributed by atoms with E-state index in [0.29, 0.717) is 6.54 Å². The molecule has 0 aliphatic carbocycles. The van der Waals surface area contributed by atoms with Crippen molar-refractivity contribution >= 4 is 23.4 Å². The Kier molecular flexibility index (Phi) is 5.54. The highest BCUT2D eigenvalue weighted by molar-refractivity contribution is 7.99. The molecular weight excluding hydrogens is 260 g/mol. The number of benzene rings is 1. The van der Waals surface area contributed by atoms with Crippen LogP contribution in [-0.2, 0) is 4.79 Å². The van der Waals surface area contributed by atoms with Gasteiger partial charge in [-0.05, 0) is 54.7 Å². The van der Waals surface area contributed by atoms with Crippen LogP contribution in [0.3, 0.4) is 0 Å². The summed E-state index contributed by atoms with van der Waals surface area (Å²) in [5.41, 5.74) is 0.795. The molecule has 1 aliphatic heterocycles. The predicted molar refractivity (Wildman–Crippen MR) is 79.9 cm³/mol. The van der Waals surface area contributed by atoms with Gasteiger partial charge in [0.2, 0.25) is 5.91 Å². The van der Waals surface area contributed by atoms with Gasteiger partial charge in [-0.25, -0.2) is 0 Å². The fourth-order valence-corrected chi connectivity index (χ4v) is 3.30. The van der Waals surface area contributed by atoms with E-state index in [0.717, 1.165) is 23.9 Å². The highest BCUT2D eigenvalue weighted by atomic mass is 32.2. The van der Waals surface area contributed by atoms with E-state index in [1.807, 2.05) is 36.0 Å². The Bertz CT molecular complexity index is 402. The van der Waals surface area contributed by atoms with Crippen molar-refractivity contribution in [1.82, 2.24) is 5.32 Å². The molecule has 0 bridgehead atoms. The molecule has 4 nitrogen and oxygen atoms in total. The average Bonchev–Trinajstić information content (AvgIpc) is 2.93. The molecule has 0 spiro atoms. The van der Waals surface area contributed by atoms with E-state index < -0.39 is 0 Å². The third-order valence-electron chi connectivity index (χ3n) is 3.12. The molecule has 5 heteroatoms. The first-order valence-corrected chi connectivity index (χ1v) is 7.66. The molecule has 1 aromatic carbocycles. The Labute approximate surface area is 118 Å². The molecule has 1 amide bonds. The van der Waals surface area contributed by atoms with E-state index in [-0.39, 0.29) is 5.91 Å². The van der Waals surface area contributed by atoms with Crippen LogP contribution in [0.5, 0.6) is 5.75 Å². The lowest BCUT2D eigenvalue weighted by molar-refractivity contribution is -0.115. The number of carbonyl (C=O) groups excluding carboxylic acids is 1. The van der Waals surface area contributed by atoms with E-state index in [1.165, 1.54) is 17.9 Å². The van der Waals surface area contributed by atoms with Gasteiger partial charge in [0, 0.05) is 5.69 Å². The first kappa shape index (κ1) is 14.2. The number of methoxy groups -OCH3 is 1. The molecule has 1 saturated heterocycles. The molecule has 1 aliphatic rings. The molecule has 2 rings (SSSR count). The second-order valence-electron chi connectivity index (χ2n) is 4.64. The molecule has 1 aromatic rings. The SMILES string of the molecule is COc1ccc(NC(=O)CNCC2CCSC2)cc1. The van der Waals surface area contributed by atoms with Crippen LogP contribution in [0.1, 0.15) is 6.42 Å². The van der Waals surface area contributed by atoms with Crippen LogP contribution in [0.15, 0.2) is 24.3 Å². The molecule has 104 valence electrons. The van der Waals surface area contributed by atoms with Crippen molar-refractivity contribution in [2.45, 2.75) is 6.42 Å². The molecule has 0 saturated carbocycles. The summed E-state index contributed by atoms with van der Waals surface area (Å²) in [6.45, 7) is 1.30. The minimum Gasteiger partial charge on any atom is -0.497 e. The maximum atomic E-state index is 11.7. The lowest BCUT2D eigenvalue weighted by atomic mass is 10.1. The summed E-state index contributed by atoms with van der Waals surface area (Å²) in [6, 6.07) is 7.34. The van der Waals surface area contributed by atoms with Crippen molar-refractivity contribution in [1.29, 1.82) is 0 Å². The Balaban J connectivity index is 1.68. The quantitative estimate of drug-likeness (QED) is 0.836.